The van der Waals surface area contributed by atoms with Crippen LogP contribution in [0, 0.1) is 0 Å². The smallest absolute Gasteiger partial charge is 0.333 e. The predicted octanol–water partition coefficient (Wildman–Crippen LogP) is -0.859. The fourth-order valence-corrected chi connectivity index (χ4v) is 3.29. The standard InChI is InChI=1S/C19H31NO10/c21-11-12-16(25)17(26)18(27)19(29-12)28-10-6-4-2-1-3-5-7-15(24)30-20-13(22)8-9-14(20)23/h12,16-19,21,25-27H,1-11H2/t12-,16-,17+,18+,19+/m1/s1. The number of ether oxygens (including phenoxy) is 2. The summed E-state index contributed by atoms with van der Waals surface area (Å²) in [4.78, 5) is 39.2. The first-order valence-electron chi connectivity index (χ1n) is 10.3. The Hall–Kier alpha value is -1.63. The summed E-state index contributed by atoms with van der Waals surface area (Å²) in [6.45, 7) is -0.212. The Balaban J connectivity index is 1.48. The van der Waals surface area contributed by atoms with Crippen molar-refractivity contribution < 1.29 is 49.1 Å². The molecule has 5 atom stereocenters. The van der Waals surface area contributed by atoms with Crippen LogP contribution in [0.2, 0.25) is 0 Å². The van der Waals surface area contributed by atoms with Gasteiger partial charge >= 0.3 is 5.97 Å². The quantitative estimate of drug-likeness (QED) is 0.225. The first-order chi connectivity index (χ1) is 14.3. The third kappa shape index (κ3) is 6.96. The van der Waals surface area contributed by atoms with Gasteiger partial charge in [-0.1, -0.05) is 25.7 Å². The highest BCUT2D eigenvalue weighted by atomic mass is 16.7. The van der Waals surface area contributed by atoms with Gasteiger partial charge in [-0.05, 0) is 12.8 Å². The van der Waals surface area contributed by atoms with Crippen LogP contribution in [0.3, 0.4) is 0 Å². The molecule has 0 aromatic heterocycles. The lowest BCUT2D eigenvalue weighted by Gasteiger charge is -2.39. The van der Waals surface area contributed by atoms with E-state index in [-0.39, 0.29) is 25.9 Å². The highest BCUT2D eigenvalue weighted by Crippen LogP contribution is 2.22. The third-order valence-electron chi connectivity index (χ3n) is 5.10. The van der Waals surface area contributed by atoms with Crippen LogP contribution in [0.25, 0.3) is 0 Å². The van der Waals surface area contributed by atoms with E-state index in [2.05, 4.69) is 0 Å². The minimum Gasteiger partial charge on any atom is -0.394 e. The molecule has 4 N–H and O–H groups in total. The summed E-state index contributed by atoms with van der Waals surface area (Å²) in [5.74, 6) is -1.56. The zero-order chi connectivity index (χ0) is 22.1. The molecule has 0 aromatic carbocycles. The molecule has 2 amide bonds. The molecule has 0 aromatic rings. The van der Waals surface area contributed by atoms with Crippen LogP contribution in [0.1, 0.15) is 57.8 Å². The normalized spacial score (nSPS) is 29.5. The van der Waals surface area contributed by atoms with Crippen molar-refractivity contribution in [1.29, 1.82) is 0 Å². The lowest BCUT2D eigenvalue weighted by molar-refractivity contribution is -0.301. The molecular weight excluding hydrogens is 402 g/mol. The lowest BCUT2D eigenvalue weighted by Crippen LogP contribution is -2.59. The predicted molar refractivity (Wildman–Crippen MR) is 99.2 cm³/mol. The van der Waals surface area contributed by atoms with Gasteiger partial charge in [0.05, 0.1) is 6.61 Å². The Morgan fingerprint density at radius 1 is 0.933 bits per heavy atom. The number of carbonyl (C=O) groups excluding carboxylic acids is 3. The molecule has 0 aliphatic carbocycles. The maximum atomic E-state index is 11.7. The summed E-state index contributed by atoms with van der Waals surface area (Å²) in [6, 6.07) is 0. The van der Waals surface area contributed by atoms with Crippen LogP contribution >= 0.6 is 0 Å². The number of aliphatic hydroxyl groups excluding tert-OH is 4. The summed E-state index contributed by atoms with van der Waals surface area (Å²) < 4.78 is 10.7. The molecule has 11 heteroatoms. The Bertz CT molecular complexity index is 568. The molecule has 11 nitrogen and oxygen atoms in total. The zero-order valence-electron chi connectivity index (χ0n) is 16.9. The van der Waals surface area contributed by atoms with Gasteiger partial charge in [-0.2, -0.15) is 0 Å². The van der Waals surface area contributed by atoms with Gasteiger partial charge in [-0.3, -0.25) is 9.59 Å². The van der Waals surface area contributed by atoms with Gasteiger partial charge in [0, 0.05) is 25.9 Å². The molecule has 2 saturated heterocycles. The van der Waals surface area contributed by atoms with Gasteiger partial charge in [-0.15, -0.1) is 5.06 Å². The minimum absolute atomic E-state index is 0.0756. The van der Waals surface area contributed by atoms with E-state index >= 15 is 0 Å². The lowest BCUT2D eigenvalue weighted by atomic mass is 9.99. The van der Waals surface area contributed by atoms with Crippen molar-refractivity contribution in [2.45, 2.75) is 88.5 Å². The number of nitrogens with zero attached hydrogens (tertiary/aromatic N) is 1. The van der Waals surface area contributed by atoms with E-state index in [9.17, 15) is 29.7 Å². The van der Waals surface area contributed by atoms with Crippen LogP contribution in [-0.4, -0.2) is 87.2 Å². The largest absolute Gasteiger partial charge is 0.394 e. The second kappa shape index (κ2) is 12.3. The Labute approximate surface area is 174 Å². The van der Waals surface area contributed by atoms with Crippen molar-refractivity contribution in [2.24, 2.45) is 0 Å². The second-order valence-electron chi connectivity index (χ2n) is 7.48. The van der Waals surface area contributed by atoms with E-state index in [4.69, 9.17) is 19.4 Å². The summed E-state index contributed by atoms with van der Waals surface area (Å²) in [5, 5.41) is 38.9. The molecule has 0 unspecified atom stereocenters. The topological polar surface area (TPSA) is 163 Å². The number of rotatable bonds is 12. The number of hydroxylamine groups is 2. The van der Waals surface area contributed by atoms with Gasteiger partial charge in [0.2, 0.25) is 0 Å². The van der Waals surface area contributed by atoms with Gasteiger partial charge in [0.25, 0.3) is 11.8 Å². The summed E-state index contributed by atoms with van der Waals surface area (Å²) in [7, 11) is 0. The highest BCUT2D eigenvalue weighted by Gasteiger charge is 2.43. The molecule has 2 heterocycles. The first kappa shape index (κ1) is 24.6. The number of imide groups is 1. The number of hydrogen-bond acceptors (Lipinski definition) is 10. The van der Waals surface area contributed by atoms with E-state index in [0.717, 1.165) is 25.7 Å². The maximum Gasteiger partial charge on any atom is 0.333 e. The van der Waals surface area contributed by atoms with E-state index in [1.54, 1.807) is 0 Å². The van der Waals surface area contributed by atoms with Gasteiger partial charge in [-0.25, -0.2) is 4.79 Å². The Morgan fingerprint density at radius 3 is 2.17 bits per heavy atom. The van der Waals surface area contributed by atoms with Crippen LogP contribution in [-0.2, 0) is 28.7 Å². The van der Waals surface area contributed by atoms with Crippen LogP contribution < -0.4 is 0 Å². The molecule has 0 saturated carbocycles. The molecule has 2 fully saturated rings. The molecule has 30 heavy (non-hydrogen) atoms. The summed E-state index contributed by atoms with van der Waals surface area (Å²) >= 11 is 0. The number of carbonyl (C=O) groups is 3. The van der Waals surface area contributed by atoms with E-state index in [0.29, 0.717) is 17.9 Å². The van der Waals surface area contributed by atoms with Gasteiger partial charge < -0.3 is 34.7 Å². The average molecular weight is 433 g/mol. The van der Waals surface area contributed by atoms with E-state index < -0.39 is 55.1 Å². The molecule has 2 aliphatic rings. The fourth-order valence-electron chi connectivity index (χ4n) is 3.29. The van der Waals surface area contributed by atoms with Crippen molar-refractivity contribution >= 4 is 17.8 Å². The Morgan fingerprint density at radius 2 is 1.53 bits per heavy atom. The van der Waals surface area contributed by atoms with Crippen LogP contribution in [0.5, 0.6) is 0 Å². The van der Waals surface area contributed by atoms with Gasteiger partial charge in [0.15, 0.2) is 6.29 Å². The fraction of sp³-hybridized carbons (Fsp3) is 0.842. The molecule has 0 bridgehead atoms. The second-order valence-corrected chi connectivity index (χ2v) is 7.48. The van der Waals surface area contributed by atoms with Gasteiger partial charge in [0.1, 0.15) is 24.4 Å². The number of unbranched alkanes of at least 4 members (excludes halogenated alkanes) is 5. The van der Waals surface area contributed by atoms with Crippen molar-refractivity contribution in [3.63, 3.8) is 0 Å². The van der Waals surface area contributed by atoms with Crippen molar-refractivity contribution in [2.75, 3.05) is 13.2 Å². The zero-order valence-corrected chi connectivity index (χ0v) is 16.9. The molecule has 2 aliphatic heterocycles. The SMILES string of the molecule is O=C(CCCCCCCCO[C@H]1O[C@H](CO)[C@@H](O)[C@H](O)[C@@H]1O)ON1C(=O)CCC1=O. The van der Waals surface area contributed by atoms with Crippen LogP contribution in [0.4, 0.5) is 0 Å². The Kier molecular flexibility index (Phi) is 10.1. The first-order valence-corrected chi connectivity index (χ1v) is 10.3. The molecule has 2 rings (SSSR count). The van der Waals surface area contributed by atoms with Crippen molar-refractivity contribution in [3.05, 3.63) is 0 Å². The van der Waals surface area contributed by atoms with Crippen molar-refractivity contribution in [3.8, 4) is 0 Å². The average Bonchev–Trinajstić information content (AvgIpc) is 3.04. The number of amides is 2. The summed E-state index contributed by atoms with van der Waals surface area (Å²) in [6.07, 6.45) is -1.35. The molecule has 172 valence electrons. The maximum absolute atomic E-state index is 11.7. The molecule has 0 spiro atoms. The minimum atomic E-state index is -1.45. The monoisotopic (exact) mass is 433 g/mol. The summed E-state index contributed by atoms with van der Waals surface area (Å²) in [5.41, 5.74) is 0. The number of aliphatic hydroxyl groups is 4. The van der Waals surface area contributed by atoms with E-state index in [1.165, 1.54) is 0 Å². The third-order valence-corrected chi connectivity index (χ3v) is 5.10. The number of hydrogen-bond donors (Lipinski definition) is 4. The molecular formula is C19H31NO10. The van der Waals surface area contributed by atoms with E-state index in [1.807, 2.05) is 0 Å². The van der Waals surface area contributed by atoms with Crippen LogP contribution in [0.15, 0.2) is 0 Å². The molecule has 0 radical (unpaired) electrons. The highest BCUT2D eigenvalue weighted by molar-refractivity contribution is 6.01. The van der Waals surface area contributed by atoms with Crippen molar-refractivity contribution in [1.82, 2.24) is 5.06 Å².